The number of halogens is 2. The number of nitrogens with zero attached hydrogens (tertiary/aromatic N) is 1. The molecule has 1 heterocycles. The molecule has 33 heavy (non-hydrogen) atoms. The minimum atomic E-state index is -0.797. The van der Waals surface area contributed by atoms with E-state index in [0.29, 0.717) is 23.6 Å². The average Bonchev–Trinajstić information content (AvgIpc) is 2.77. The second-order valence-corrected chi connectivity index (χ2v) is 9.23. The molecule has 8 heteroatoms. The zero-order valence-electron chi connectivity index (χ0n) is 17.5. The summed E-state index contributed by atoms with van der Waals surface area (Å²) < 4.78 is 7.55. The van der Waals surface area contributed by atoms with Gasteiger partial charge in [0.05, 0.1) is 5.69 Å². The van der Waals surface area contributed by atoms with Crippen molar-refractivity contribution in [1.82, 2.24) is 5.32 Å². The number of urea groups is 1. The van der Waals surface area contributed by atoms with Crippen molar-refractivity contribution in [3.8, 4) is 5.75 Å². The third-order valence-corrected chi connectivity index (χ3v) is 5.96. The first kappa shape index (κ1) is 22.9. The Morgan fingerprint density at radius 2 is 1.67 bits per heavy atom. The van der Waals surface area contributed by atoms with Crippen LogP contribution in [-0.2, 0) is 16.2 Å². The van der Waals surface area contributed by atoms with Crippen LogP contribution in [0.2, 0.25) is 0 Å². The number of anilines is 1. The molecule has 3 aromatic carbocycles. The largest absolute Gasteiger partial charge is 0.488 e. The highest BCUT2D eigenvalue weighted by molar-refractivity contribution is 9.10. The molecule has 166 valence electrons. The third kappa shape index (κ3) is 5.23. The molecule has 4 amide bonds. The second kappa shape index (κ2) is 9.72. The molecule has 0 spiro atoms. The number of aryl methyl sites for hydroxylation is 1. The zero-order valence-corrected chi connectivity index (χ0v) is 20.6. The van der Waals surface area contributed by atoms with E-state index < -0.39 is 17.8 Å². The number of imide groups is 2. The van der Waals surface area contributed by atoms with E-state index in [0.717, 1.165) is 25.0 Å². The van der Waals surface area contributed by atoms with Gasteiger partial charge in [-0.3, -0.25) is 14.9 Å². The Bertz CT molecular complexity index is 1290. The maximum absolute atomic E-state index is 13.2. The van der Waals surface area contributed by atoms with Crippen molar-refractivity contribution >= 4 is 61.5 Å². The topological polar surface area (TPSA) is 75.7 Å². The summed E-state index contributed by atoms with van der Waals surface area (Å²) in [5.41, 5.74) is 2.83. The number of rotatable bonds is 5. The van der Waals surface area contributed by atoms with Gasteiger partial charge in [0.1, 0.15) is 17.9 Å². The molecule has 1 aliphatic heterocycles. The first-order valence-electron chi connectivity index (χ1n) is 9.97. The molecule has 6 nitrogen and oxygen atoms in total. The SMILES string of the molecule is Cc1cccc(COc2ccc(Br)cc2/C=C2\C(=O)NC(=O)N(c3ccc(Br)cc3)C2=O)c1. The van der Waals surface area contributed by atoms with Gasteiger partial charge in [0, 0.05) is 14.5 Å². The summed E-state index contributed by atoms with van der Waals surface area (Å²) in [5.74, 6) is -0.974. The number of carbonyl (C=O) groups is 3. The van der Waals surface area contributed by atoms with Gasteiger partial charge in [-0.05, 0) is 61.0 Å². The Morgan fingerprint density at radius 1 is 0.939 bits per heavy atom. The number of carbonyl (C=O) groups excluding carboxylic acids is 3. The molecule has 0 aromatic heterocycles. The average molecular weight is 570 g/mol. The van der Waals surface area contributed by atoms with E-state index in [4.69, 9.17) is 4.74 Å². The van der Waals surface area contributed by atoms with E-state index >= 15 is 0 Å². The van der Waals surface area contributed by atoms with Gasteiger partial charge >= 0.3 is 6.03 Å². The Hall–Kier alpha value is -3.23. The minimum absolute atomic E-state index is 0.170. The van der Waals surface area contributed by atoms with Crippen molar-refractivity contribution in [2.45, 2.75) is 13.5 Å². The van der Waals surface area contributed by atoms with Crippen LogP contribution in [0.15, 0.2) is 81.2 Å². The van der Waals surface area contributed by atoms with Crippen LogP contribution in [0.3, 0.4) is 0 Å². The molecule has 0 atom stereocenters. The van der Waals surface area contributed by atoms with E-state index in [1.807, 2.05) is 37.3 Å². The number of nitrogens with one attached hydrogen (secondary N) is 1. The van der Waals surface area contributed by atoms with E-state index in [2.05, 4.69) is 37.2 Å². The summed E-state index contributed by atoms with van der Waals surface area (Å²) in [7, 11) is 0. The first-order chi connectivity index (χ1) is 15.8. The van der Waals surface area contributed by atoms with Crippen molar-refractivity contribution in [2.75, 3.05) is 4.90 Å². The van der Waals surface area contributed by atoms with E-state index in [-0.39, 0.29) is 5.57 Å². The number of ether oxygens (including phenoxy) is 1. The lowest BCUT2D eigenvalue weighted by Crippen LogP contribution is -2.54. The van der Waals surface area contributed by atoms with Crippen LogP contribution < -0.4 is 15.0 Å². The summed E-state index contributed by atoms with van der Waals surface area (Å²) in [6, 6.07) is 19.1. The Kier molecular flexibility index (Phi) is 6.76. The molecule has 0 unspecified atom stereocenters. The molecular weight excluding hydrogens is 552 g/mol. The fraction of sp³-hybridized carbons (Fsp3) is 0.0800. The summed E-state index contributed by atoms with van der Waals surface area (Å²) >= 11 is 6.75. The van der Waals surface area contributed by atoms with Gasteiger partial charge in [-0.2, -0.15) is 0 Å². The molecule has 0 bridgehead atoms. The predicted molar refractivity (Wildman–Crippen MR) is 133 cm³/mol. The number of barbiturate groups is 1. The van der Waals surface area contributed by atoms with E-state index in [1.54, 1.807) is 36.4 Å². The van der Waals surface area contributed by atoms with Gasteiger partial charge in [0.25, 0.3) is 11.8 Å². The minimum Gasteiger partial charge on any atom is -0.488 e. The van der Waals surface area contributed by atoms with Gasteiger partial charge in [-0.15, -0.1) is 0 Å². The monoisotopic (exact) mass is 568 g/mol. The molecule has 1 N–H and O–H groups in total. The summed E-state index contributed by atoms with van der Waals surface area (Å²) in [5, 5.41) is 2.24. The van der Waals surface area contributed by atoms with Crippen LogP contribution in [0, 0.1) is 6.92 Å². The molecule has 1 fully saturated rings. The van der Waals surface area contributed by atoms with Gasteiger partial charge in [0.15, 0.2) is 0 Å². The van der Waals surface area contributed by atoms with Crippen molar-refractivity contribution in [2.24, 2.45) is 0 Å². The van der Waals surface area contributed by atoms with Crippen LogP contribution in [0.25, 0.3) is 6.08 Å². The van der Waals surface area contributed by atoms with Crippen molar-refractivity contribution in [3.05, 3.63) is 97.9 Å². The fourth-order valence-electron chi connectivity index (χ4n) is 3.36. The van der Waals surface area contributed by atoms with E-state index in [1.165, 1.54) is 6.08 Å². The lowest BCUT2D eigenvalue weighted by Gasteiger charge is -2.26. The molecule has 0 radical (unpaired) electrons. The smallest absolute Gasteiger partial charge is 0.335 e. The molecule has 4 rings (SSSR count). The van der Waals surface area contributed by atoms with Crippen LogP contribution in [-0.4, -0.2) is 17.8 Å². The second-order valence-electron chi connectivity index (χ2n) is 7.39. The summed E-state index contributed by atoms with van der Waals surface area (Å²) in [6.07, 6.45) is 1.44. The van der Waals surface area contributed by atoms with Crippen LogP contribution in [0.1, 0.15) is 16.7 Å². The maximum Gasteiger partial charge on any atom is 0.335 e. The molecule has 1 saturated heterocycles. The van der Waals surface area contributed by atoms with Gasteiger partial charge in [-0.1, -0.05) is 61.7 Å². The zero-order chi connectivity index (χ0) is 23.5. The number of benzene rings is 3. The quantitative estimate of drug-likeness (QED) is 0.313. The highest BCUT2D eigenvalue weighted by atomic mass is 79.9. The van der Waals surface area contributed by atoms with Crippen molar-refractivity contribution in [1.29, 1.82) is 0 Å². The number of hydrogen-bond acceptors (Lipinski definition) is 4. The standard InChI is InChI=1S/C25H18Br2N2O4/c1-15-3-2-4-16(11-15)14-33-22-10-7-19(27)12-17(22)13-21-23(30)28-25(32)29(24(21)31)20-8-5-18(26)6-9-20/h2-13H,14H2,1H3,(H,28,30,32)/b21-13+. The van der Waals surface area contributed by atoms with E-state index in [9.17, 15) is 14.4 Å². The fourth-order valence-corrected chi connectivity index (χ4v) is 4.01. The van der Waals surface area contributed by atoms with Crippen LogP contribution in [0.4, 0.5) is 10.5 Å². The maximum atomic E-state index is 13.2. The van der Waals surface area contributed by atoms with Crippen LogP contribution in [0.5, 0.6) is 5.75 Å². The normalized spacial score (nSPS) is 15.1. The van der Waals surface area contributed by atoms with Gasteiger partial charge in [-0.25, -0.2) is 9.69 Å². The lowest BCUT2D eigenvalue weighted by molar-refractivity contribution is -0.122. The Balaban J connectivity index is 1.67. The lowest BCUT2D eigenvalue weighted by atomic mass is 10.1. The van der Waals surface area contributed by atoms with Crippen molar-refractivity contribution in [3.63, 3.8) is 0 Å². The first-order valence-corrected chi connectivity index (χ1v) is 11.6. The molecule has 1 aliphatic rings. The molecule has 0 saturated carbocycles. The Morgan fingerprint density at radius 3 is 2.39 bits per heavy atom. The third-order valence-electron chi connectivity index (χ3n) is 4.93. The highest BCUT2D eigenvalue weighted by Crippen LogP contribution is 2.29. The molecular formula is C25H18Br2N2O4. The highest BCUT2D eigenvalue weighted by Gasteiger charge is 2.37. The summed E-state index contributed by atoms with van der Waals surface area (Å²) in [6.45, 7) is 2.33. The number of amides is 4. The van der Waals surface area contributed by atoms with Gasteiger partial charge in [0.2, 0.25) is 0 Å². The molecule has 0 aliphatic carbocycles. The van der Waals surface area contributed by atoms with Gasteiger partial charge < -0.3 is 4.74 Å². The Labute approximate surface area is 207 Å². The summed E-state index contributed by atoms with van der Waals surface area (Å²) in [4.78, 5) is 39.1. The predicted octanol–water partition coefficient (Wildman–Crippen LogP) is 5.77. The number of hydrogen-bond donors (Lipinski definition) is 1. The van der Waals surface area contributed by atoms with Crippen molar-refractivity contribution < 1.29 is 19.1 Å². The molecule has 3 aromatic rings. The van der Waals surface area contributed by atoms with Crippen LogP contribution >= 0.6 is 31.9 Å².